The number of hydrogen-bond acceptors (Lipinski definition) is 4. The van der Waals surface area contributed by atoms with Gasteiger partial charge in [-0.15, -0.1) is 0 Å². The van der Waals surface area contributed by atoms with E-state index in [0.29, 0.717) is 44.5 Å². The molecule has 0 saturated heterocycles. The first kappa shape index (κ1) is 23.3. The van der Waals surface area contributed by atoms with Crippen LogP contribution in [0.5, 0.6) is 11.5 Å². The SMILES string of the molecule is CCOCCOCc1cccc(NCc2cc(F)ccc2Oc2ccc(Br)cc2)c1C. The summed E-state index contributed by atoms with van der Waals surface area (Å²) < 4.78 is 31.9. The number of ether oxygens (including phenoxy) is 3. The largest absolute Gasteiger partial charge is 0.457 e. The fraction of sp³-hybridized carbons (Fsp3) is 0.280. The van der Waals surface area contributed by atoms with E-state index in [9.17, 15) is 4.39 Å². The first-order valence-corrected chi connectivity index (χ1v) is 11.1. The summed E-state index contributed by atoms with van der Waals surface area (Å²) in [6, 6.07) is 18.1. The van der Waals surface area contributed by atoms with Gasteiger partial charge < -0.3 is 19.5 Å². The molecular formula is C25H27BrFNO3. The fourth-order valence-electron chi connectivity index (χ4n) is 3.08. The highest BCUT2D eigenvalue weighted by Gasteiger charge is 2.09. The van der Waals surface area contributed by atoms with Crippen molar-refractivity contribution in [2.75, 3.05) is 25.1 Å². The number of nitrogens with one attached hydrogen (secondary N) is 1. The second-order valence-corrected chi connectivity index (χ2v) is 7.92. The zero-order valence-corrected chi connectivity index (χ0v) is 19.4. The molecule has 3 rings (SSSR count). The van der Waals surface area contributed by atoms with Crippen LogP contribution in [0.1, 0.15) is 23.6 Å². The molecule has 1 N–H and O–H groups in total. The molecule has 0 aliphatic rings. The highest BCUT2D eigenvalue weighted by atomic mass is 79.9. The molecule has 0 fully saturated rings. The van der Waals surface area contributed by atoms with E-state index in [0.717, 1.165) is 26.9 Å². The highest BCUT2D eigenvalue weighted by molar-refractivity contribution is 9.10. The summed E-state index contributed by atoms with van der Waals surface area (Å²) in [4.78, 5) is 0. The Labute approximate surface area is 191 Å². The number of anilines is 1. The molecule has 0 radical (unpaired) electrons. The Hall–Kier alpha value is -2.41. The lowest BCUT2D eigenvalue weighted by Gasteiger charge is -2.16. The van der Waals surface area contributed by atoms with Crippen molar-refractivity contribution in [2.24, 2.45) is 0 Å². The van der Waals surface area contributed by atoms with Gasteiger partial charge in [-0.25, -0.2) is 4.39 Å². The molecule has 0 aliphatic heterocycles. The van der Waals surface area contributed by atoms with Crippen molar-refractivity contribution in [3.05, 3.63) is 87.6 Å². The van der Waals surface area contributed by atoms with Gasteiger partial charge in [-0.2, -0.15) is 0 Å². The molecule has 0 spiro atoms. The third-order valence-corrected chi connectivity index (χ3v) is 5.34. The molecule has 0 atom stereocenters. The average Bonchev–Trinajstić information content (AvgIpc) is 2.77. The van der Waals surface area contributed by atoms with E-state index < -0.39 is 0 Å². The van der Waals surface area contributed by atoms with Crippen molar-refractivity contribution in [1.29, 1.82) is 0 Å². The Morgan fingerprint density at radius 2 is 1.71 bits per heavy atom. The topological polar surface area (TPSA) is 39.7 Å². The zero-order valence-electron chi connectivity index (χ0n) is 17.8. The lowest BCUT2D eigenvalue weighted by molar-refractivity contribution is 0.0451. The Morgan fingerprint density at radius 1 is 0.935 bits per heavy atom. The first-order chi connectivity index (χ1) is 15.1. The summed E-state index contributed by atoms with van der Waals surface area (Å²) in [5.74, 6) is 1.01. The van der Waals surface area contributed by atoms with Gasteiger partial charge in [-0.05, 0) is 73.5 Å². The molecule has 0 unspecified atom stereocenters. The summed E-state index contributed by atoms with van der Waals surface area (Å²) in [5.41, 5.74) is 3.92. The molecular weight excluding hydrogens is 461 g/mol. The molecule has 0 aliphatic carbocycles. The van der Waals surface area contributed by atoms with Crippen molar-refractivity contribution < 1.29 is 18.6 Å². The summed E-state index contributed by atoms with van der Waals surface area (Å²) in [7, 11) is 0. The maximum absolute atomic E-state index is 13.9. The molecule has 3 aromatic carbocycles. The second kappa shape index (κ2) is 11.8. The van der Waals surface area contributed by atoms with Gasteiger partial charge in [0.05, 0.1) is 19.8 Å². The van der Waals surface area contributed by atoms with Crippen molar-refractivity contribution in [2.45, 2.75) is 27.0 Å². The molecule has 0 aromatic heterocycles. The molecule has 4 nitrogen and oxygen atoms in total. The van der Waals surface area contributed by atoms with Gasteiger partial charge >= 0.3 is 0 Å². The molecule has 3 aromatic rings. The van der Waals surface area contributed by atoms with E-state index in [1.165, 1.54) is 12.1 Å². The molecule has 164 valence electrons. The van der Waals surface area contributed by atoms with Crippen LogP contribution in [0.15, 0.2) is 65.1 Å². The fourth-order valence-corrected chi connectivity index (χ4v) is 3.35. The Kier molecular flexibility index (Phi) is 8.88. The Morgan fingerprint density at radius 3 is 2.48 bits per heavy atom. The van der Waals surface area contributed by atoms with E-state index >= 15 is 0 Å². The lowest BCUT2D eigenvalue weighted by atomic mass is 10.1. The van der Waals surface area contributed by atoms with Crippen molar-refractivity contribution in [3.63, 3.8) is 0 Å². The van der Waals surface area contributed by atoms with E-state index in [4.69, 9.17) is 14.2 Å². The third-order valence-electron chi connectivity index (χ3n) is 4.81. The summed E-state index contributed by atoms with van der Waals surface area (Å²) in [5, 5.41) is 3.41. The molecule has 0 bridgehead atoms. The van der Waals surface area contributed by atoms with Gasteiger partial charge in [-0.1, -0.05) is 28.1 Å². The van der Waals surface area contributed by atoms with Crippen LogP contribution in [0.2, 0.25) is 0 Å². The third kappa shape index (κ3) is 7.06. The van der Waals surface area contributed by atoms with Gasteiger partial charge in [-0.3, -0.25) is 0 Å². The summed E-state index contributed by atoms with van der Waals surface area (Å²) in [6.07, 6.45) is 0. The minimum absolute atomic E-state index is 0.298. The van der Waals surface area contributed by atoms with Crippen LogP contribution in [0.4, 0.5) is 10.1 Å². The zero-order chi connectivity index (χ0) is 22.1. The molecule has 0 amide bonds. The van der Waals surface area contributed by atoms with Crippen LogP contribution < -0.4 is 10.1 Å². The molecule has 6 heteroatoms. The van der Waals surface area contributed by atoms with Gasteiger partial charge in [0.25, 0.3) is 0 Å². The van der Waals surface area contributed by atoms with E-state index in [2.05, 4.69) is 21.2 Å². The predicted octanol–water partition coefficient (Wildman–Crippen LogP) is 6.85. The monoisotopic (exact) mass is 487 g/mol. The van der Waals surface area contributed by atoms with Crippen LogP contribution in [-0.2, 0) is 22.6 Å². The average molecular weight is 488 g/mol. The van der Waals surface area contributed by atoms with Crippen LogP contribution in [0.25, 0.3) is 0 Å². The van der Waals surface area contributed by atoms with Crippen molar-refractivity contribution in [1.82, 2.24) is 0 Å². The van der Waals surface area contributed by atoms with Crippen molar-refractivity contribution in [3.8, 4) is 11.5 Å². The van der Waals surface area contributed by atoms with E-state index in [-0.39, 0.29) is 5.82 Å². The predicted molar refractivity (Wildman–Crippen MR) is 125 cm³/mol. The summed E-state index contributed by atoms with van der Waals surface area (Å²) >= 11 is 3.41. The summed E-state index contributed by atoms with van der Waals surface area (Å²) in [6.45, 7) is 6.81. The van der Waals surface area contributed by atoms with E-state index in [1.54, 1.807) is 6.07 Å². The molecule has 0 heterocycles. The van der Waals surface area contributed by atoms with Gasteiger partial charge in [0.1, 0.15) is 17.3 Å². The maximum Gasteiger partial charge on any atom is 0.132 e. The molecule has 31 heavy (non-hydrogen) atoms. The quantitative estimate of drug-likeness (QED) is 0.300. The first-order valence-electron chi connectivity index (χ1n) is 10.3. The Bertz CT molecular complexity index is 979. The normalized spacial score (nSPS) is 10.8. The number of halogens is 2. The number of benzene rings is 3. The van der Waals surface area contributed by atoms with Crippen LogP contribution in [-0.4, -0.2) is 19.8 Å². The van der Waals surface area contributed by atoms with Crippen LogP contribution in [0, 0.1) is 12.7 Å². The van der Waals surface area contributed by atoms with Crippen molar-refractivity contribution >= 4 is 21.6 Å². The number of hydrogen-bond donors (Lipinski definition) is 1. The van der Waals surface area contributed by atoms with Crippen LogP contribution in [0.3, 0.4) is 0 Å². The number of rotatable bonds is 11. The smallest absolute Gasteiger partial charge is 0.132 e. The second-order valence-electron chi connectivity index (χ2n) is 7.00. The maximum atomic E-state index is 13.9. The molecule has 0 saturated carbocycles. The Balaban J connectivity index is 1.67. The van der Waals surface area contributed by atoms with Gasteiger partial charge in [0, 0.05) is 28.9 Å². The highest BCUT2D eigenvalue weighted by Crippen LogP contribution is 2.29. The van der Waals surface area contributed by atoms with Gasteiger partial charge in [0.2, 0.25) is 0 Å². The standard InChI is InChI=1S/C25H27BrFNO3/c1-3-29-13-14-30-17-19-5-4-6-24(18(19)2)28-16-20-15-22(27)9-12-25(20)31-23-10-7-21(26)8-11-23/h4-12,15,28H,3,13-14,16-17H2,1-2H3. The van der Waals surface area contributed by atoms with Crippen LogP contribution >= 0.6 is 15.9 Å². The minimum Gasteiger partial charge on any atom is -0.457 e. The lowest BCUT2D eigenvalue weighted by Crippen LogP contribution is -2.07. The minimum atomic E-state index is -0.298. The van der Waals surface area contributed by atoms with Gasteiger partial charge in [0.15, 0.2) is 0 Å². The van der Waals surface area contributed by atoms with E-state index in [1.807, 2.05) is 56.3 Å².